The molecule has 0 spiro atoms. The van der Waals surface area contributed by atoms with Crippen LogP contribution in [0.15, 0.2) is 29.3 Å². The fraction of sp³-hybridized carbons (Fsp3) is 0.632. The monoisotopic (exact) mass is 514 g/mol. The van der Waals surface area contributed by atoms with Gasteiger partial charge in [0.2, 0.25) is 0 Å². The van der Waals surface area contributed by atoms with Gasteiger partial charge in [-0.1, -0.05) is 12.1 Å². The summed E-state index contributed by atoms with van der Waals surface area (Å²) in [6, 6.07) is 6.46. The first-order chi connectivity index (χ1) is 12.8. The third kappa shape index (κ3) is 7.31. The summed E-state index contributed by atoms with van der Waals surface area (Å²) in [6.07, 6.45) is -3.39. The molecule has 0 amide bonds. The van der Waals surface area contributed by atoms with Crippen LogP contribution in [0.25, 0.3) is 0 Å². The summed E-state index contributed by atoms with van der Waals surface area (Å²) in [4.78, 5) is 8.18. The van der Waals surface area contributed by atoms with Crippen molar-refractivity contribution < 1.29 is 17.9 Å². The fourth-order valence-electron chi connectivity index (χ4n) is 3.04. The largest absolute Gasteiger partial charge is 0.497 e. The van der Waals surface area contributed by atoms with E-state index in [1.54, 1.807) is 7.11 Å². The molecule has 1 heterocycles. The van der Waals surface area contributed by atoms with Crippen LogP contribution in [0.5, 0.6) is 5.75 Å². The van der Waals surface area contributed by atoms with E-state index in [0.717, 1.165) is 24.7 Å². The highest BCUT2D eigenvalue weighted by molar-refractivity contribution is 14.0. The predicted octanol–water partition coefficient (Wildman–Crippen LogP) is 3.39. The van der Waals surface area contributed by atoms with Crippen molar-refractivity contribution in [3.8, 4) is 5.75 Å². The van der Waals surface area contributed by atoms with Crippen LogP contribution in [0.4, 0.5) is 13.2 Å². The number of aliphatic imine (C=N–C) groups is 1. The van der Waals surface area contributed by atoms with Gasteiger partial charge in [-0.25, -0.2) is 0 Å². The average Bonchev–Trinajstić information content (AvgIpc) is 2.66. The molecule has 1 aliphatic rings. The van der Waals surface area contributed by atoms with Crippen molar-refractivity contribution in [1.29, 1.82) is 0 Å². The van der Waals surface area contributed by atoms with Gasteiger partial charge >= 0.3 is 6.18 Å². The molecule has 0 radical (unpaired) electrons. The first-order valence-corrected chi connectivity index (χ1v) is 9.32. The van der Waals surface area contributed by atoms with E-state index < -0.39 is 12.2 Å². The van der Waals surface area contributed by atoms with Crippen LogP contribution in [0.1, 0.15) is 19.4 Å². The summed E-state index contributed by atoms with van der Waals surface area (Å²) >= 11 is 0. The third-order valence-electron chi connectivity index (χ3n) is 4.79. The Kier molecular flexibility index (Phi) is 10.4. The van der Waals surface area contributed by atoms with Crippen LogP contribution < -0.4 is 10.1 Å². The number of halogens is 4. The Morgan fingerprint density at radius 2 is 1.79 bits per heavy atom. The van der Waals surface area contributed by atoms with Crippen molar-refractivity contribution in [2.75, 3.05) is 46.4 Å². The highest BCUT2D eigenvalue weighted by Gasteiger charge is 2.41. The molecule has 5 nitrogen and oxygen atoms in total. The summed E-state index contributed by atoms with van der Waals surface area (Å²) in [5, 5.41) is 3.25. The lowest BCUT2D eigenvalue weighted by atomic mass is 10.1. The van der Waals surface area contributed by atoms with E-state index in [0.29, 0.717) is 32.7 Å². The number of ether oxygens (including phenoxy) is 1. The molecule has 1 aromatic rings. The maximum absolute atomic E-state index is 12.9. The van der Waals surface area contributed by atoms with Crippen LogP contribution in [0.3, 0.4) is 0 Å². The molecule has 9 heteroatoms. The molecule has 1 aliphatic heterocycles. The smallest absolute Gasteiger partial charge is 0.403 e. The van der Waals surface area contributed by atoms with E-state index in [9.17, 15) is 13.2 Å². The van der Waals surface area contributed by atoms with Gasteiger partial charge in [-0.3, -0.25) is 9.89 Å². The first kappa shape index (κ1) is 24.8. The first-order valence-electron chi connectivity index (χ1n) is 9.32. The number of methoxy groups -OCH3 is 1. The Bertz CT molecular complexity index is 602. The van der Waals surface area contributed by atoms with Crippen molar-refractivity contribution in [2.45, 2.75) is 32.5 Å². The Labute approximate surface area is 182 Å². The van der Waals surface area contributed by atoms with Crippen molar-refractivity contribution in [1.82, 2.24) is 15.1 Å². The Hall–Kier alpha value is -1.23. The summed E-state index contributed by atoms with van der Waals surface area (Å²) in [5.41, 5.74) is 1.17. The van der Waals surface area contributed by atoms with E-state index in [2.05, 4.69) is 10.3 Å². The number of rotatable bonds is 6. The van der Waals surface area contributed by atoms with E-state index >= 15 is 0 Å². The number of nitrogens with one attached hydrogen (secondary N) is 1. The van der Waals surface area contributed by atoms with Gasteiger partial charge in [-0.15, -0.1) is 24.0 Å². The number of hydrogen-bond donors (Lipinski definition) is 1. The van der Waals surface area contributed by atoms with Gasteiger partial charge in [0.05, 0.1) is 7.11 Å². The van der Waals surface area contributed by atoms with Gasteiger partial charge in [0, 0.05) is 39.3 Å². The fourth-order valence-corrected chi connectivity index (χ4v) is 3.04. The van der Waals surface area contributed by atoms with Crippen molar-refractivity contribution in [3.63, 3.8) is 0 Å². The molecule has 160 valence electrons. The van der Waals surface area contributed by atoms with Gasteiger partial charge in [0.15, 0.2) is 5.96 Å². The van der Waals surface area contributed by atoms with E-state index in [4.69, 9.17) is 4.74 Å². The highest BCUT2D eigenvalue weighted by atomic mass is 127. The van der Waals surface area contributed by atoms with Gasteiger partial charge in [0.1, 0.15) is 11.8 Å². The maximum atomic E-state index is 12.9. The van der Waals surface area contributed by atoms with Crippen LogP contribution in [-0.2, 0) is 6.42 Å². The van der Waals surface area contributed by atoms with Crippen LogP contribution in [0, 0.1) is 0 Å². The zero-order chi connectivity index (χ0) is 19.9. The minimum Gasteiger partial charge on any atom is -0.497 e. The topological polar surface area (TPSA) is 40.1 Å². The van der Waals surface area contributed by atoms with Crippen molar-refractivity contribution in [2.24, 2.45) is 4.99 Å². The Balaban J connectivity index is 0.00000392. The second-order valence-corrected chi connectivity index (χ2v) is 6.57. The molecule has 0 bridgehead atoms. The van der Waals surface area contributed by atoms with E-state index in [-0.39, 0.29) is 24.0 Å². The van der Waals surface area contributed by atoms with Gasteiger partial charge in [0.25, 0.3) is 0 Å². The second kappa shape index (κ2) is 11.7. The number of piperazine rings is 1. The molecule has 0 aliphatic carbocycles. The lowest BCUT2D eigenvalue weighted by Gasteiger charge is -2.39. The molecule has 1 unspecified atom stereocenters. The highest BCUT2D eigenvalue weighted by Crippen LogP contribution is 2.25. The summed E-state index contributed by atoms with van der Waals surface area (Å²) in [7, 11) is 1.64. The molecule has 0 aromatic heterocycles. The third-order valence-corrected chi connectivity index (χ3v) is 4.79. The molecule has 1 saturated heterocycles. The molecular weight excluding hydrogens is 484 g/mol. The van der Waals surface area contributed by atoms with Crippen molar-refractivity contribution >= 4 is 29.9 Å². The lowest BCUT2D eigenvalue weighted by molar-refractivity contribution is -0.181. The average molecular weight is 514 g/mol. The number of nitrogens with zero attached hydrogens (tertiary/aromatic N) is 3. The quantitative estimate of drug-likeness (QED) is 0.359. The second-order valence-electron chi connectivity index (χ2n) is 6.57. The molecule has 1 N–H and O–H groups in total. The van der Waals surface area contributed by atoms with E-state index in [1.807, 2.05) is 36.1 Å². The minimum atomic E-state index is -4.18. The summed E-state index contributed by atoms with van der Waals surface area (Å²) < 4.78 is 43.8. The Morgan fingerprint density at radius 3 is 2.29 bits per heavy atom. The molecule has 28 heavy (non-hydrogen) atoms. The normalized spacial score (nSPS) is 17.1. The molecule has 1 fully saturated rings. The zero-order valence-electron chi connectivity index (χ0n) is 16.6. The minimum absolute atomic E-state index is 0. The van der Waals surface area contributed by atoms with Crippen molar-refractivity contribution in [3.05, 3.63) is 29.8 Å². The van der Waals surface area contributed by atoms with Crippen LogP contribution in [0.2, 0.25) is 0 Å². The van der Waals surface area contributed by atoms with Crippen LogP contribution in [-0.4, -0.2) is 74.4 Å². The molecule has 1 atom stereocenters. The SMILES string of the molecule is CCNC(=NCCc1ccc(OC)cc1)N1CCN(C(C)C(F)(F)F)CC1.I. The molecule has 2 rings (SSSR count). The van der Waals surface area contributed by atoms with Gasteiger partial charge in [-0.2, -0.15) is 13.2 Å². The van der Waals surface area contributed by atoms with Crippen LogP contribution >= 0.6 is 24.0 Å². The number of guanidine groups is 1. The predicted molar refractivity (Wildman–Crippen MR) is 117 cm³/mol. The van der Waals surface area contributed by atoms with Gasteiger partial charge < -0.3 is 15.0 Å². The summed E-state index contributed by atoms with van der Waals surface area (Å²) in [5.74, 6) is 1.59. The van der Waals surface area contributed by atoms with E-state index in [1.165, 1.54) is 17.4 Å². The lowest BCUT2D eigenvalue weighted by Crippen LogP contribution is -2.56. The maximum Gasteiger partial charge on any atom is 0.403 e. The Morgan fingerprint density at radius 1 is 1.18 bits per heavy atom. The molecule has 0 saturated carbocycles. The molecule has 1 aromatic carbocycles. The number of alkyl halides is 3. The number of benzene rings is 1. The number of hydrogen-bond acceptors (Lipinski definition) is 3. The zero-order valence-corrected chi connectivity index (χ0v) is 19.0. The summed E-state index contributed by atoms with van der Waals surface area (Å²) in [6.45, 7) is 6.38. The standard InChI is InChI=1S/C19H29F3N4O.HI/c1-4-23-18(24-10-9-16-5-7-17(27-3)8-6-16)26-13-11-25(12-14-26)15(2)19(20,21)22;/h5-8,15H,4,9-14H2,1-3H3,(H,23,24);1H. The molecular formula is C19H30F3IN4O. The van der Waals surface area contributed by atoms with Gasteiger partial charge in [-0.05, 0) is 38.0 Å².